The van der Waals surface area contributed by atoms with Gasteiger partial charge in [-0.1, -0.05) is 48.0 Å². The molecule has 0 fully saturated rings. The third kappa shape index (κ3) is 2.62. The van der Waals surface area contributed by atoms with Gasteiger partial charge in [0.05, 0.1) is 18.1 Å². The van der Waals surface area contributed by atoms with Crippen molar-refractivity contribution < 1.29 is 4.79 Å². The van der Waals surface area contributed by atoms with Crippen LogP contribution < -0.4 is 10.2 Å². The molecule has 0 saturated heterocycles. The van der Waals surface area contributed by atoms with Crippen LogP contribution in [0.3, 0.4) is 0 Å². The van der Waals surface area contributed by atoms with E-state index in [2.05, 4.69) is 75.3 Å². The Morgan fingerprint density at radius 1 is 1.17 bits per heavy atom. The molecular formula is C23H25BrN4O. The number of hydrogen-bond acceptors (Lipinski definition) is 3. The van der Waals surface area contributed by atoms with E-state index < -0.39 is 5.54 Å². The van der Waals surface area contributed by atoms with E-state index in [-0.39, 0.29) is 5.91 Å². The van der Waals surface area contributed by atoms with Gasteiger partial charge in [-0.15, -0.1) is 0 Å². The molecule has 29 heavy (non-hydrogen) atoms. The first-order valence-electron chi connectivity index (χ1n) is 10.3. The fraction of sp³-hybridized carbons (Fsp3) is 0.348. The van der Waals surface area contributed by atoms with Gasteiger partial charge >= 0.3 is 0 Å². The van der Waals surface area contributed by atoms with Crippen LogP contribution in [-0.4, -0.2) is 42.1 Å². The highest BCUT2D eigenvalue weighted by molar-refractivity contribution is 9.10. The molecule has 6 heteroatoms. The van der Waals surface area contributed by atoms with E-state index in [0.717, 1.165) is 53.0 Å². The Morgan fingerprint density at radius 2 is 1.97 bits per heavy atom. The van der Waals surface area contributed by atoms with E-state index in [1.807, 2.05) is 17.0 Å². The Bertz CT molecular complexity index is 1100. The van der Waals surface area contributed by atoms with E-state index in [0.29, 0.717) is 6.67 Å². The number of fused-ring (bicyclic) bond motifs is 6. The molecule has 3 heterocycles. The summed E-state index contributed by atoms with van der Waals surface area (Å²) in [6.45, 7) is 7.45. The number of H-pyrrole nitrogens is 1. The lowest BCUT2D eigenvalue weighted by molar-refractivity contribution is -0.123. The Balaban J connectivity index is 1.74. The summed E-state index contributed by atoms with van der Waals surface area (Å²) in [6.07, 6.45) is 0.910. The Kier molecular flexibility index (Phi) is 4.53. The van der Waals surface area contributed by atoms with E-state index >= 15 is 0 Å². The Morgan fingerprint density at radius 3 is 2.76 bits per heavy atom. The molecule has 0 bridgehead atoms. The molecule has 1 unspecified atom stereocenters. The van der Waals surface area contributed by atoms with Crippen LogP contribution in [0.4, 0.5) is 5.69 Å². The van der Waals surface area contributed by atoms with Crippen molar-refractivity contribution in [3.8, 4) is 0 Å². The minimum Gasteiger partial charge on any atom is -0.356 e. The first-order chi connectivity index (χ1) is 14.1. The van der Waals surface area contributed by atoms with Crippen LogP contribution in [0.1, 0.15) is 30.7 Å². The molecule has 0 aliphatic carbocycles. The summed E-state index contributed by atoms with van der Waals surface area (Å²) in [4.78, 5) is 21.9. The maximum Gasteiger partial charge on any atom is 0.259 e. The largest absolute Gasteiger partial charge is 0.356 e. The van der Waals surface area contributed by atoms with E-state index in [9.17, 15) is 4.79 Å². The lowest BCUT2D eigenvalue weighted by Gasteiger charge is -2.35. The molecule has 2 aromatic carbocycles. The number of nitrogens with one attached hydrogen (secondary N) is 2. The summed E-state index contributed by atoms with van der Waals surface area (Å²) >= 11 is 3.63. The van der Waals surface area contributed by atoms with E-state index in [1.54, 1.807) is 0 Å². The van der Waals surface area contributed by atoms with Gasteiger partial charge in [0.25, 0.3) is 5.91 Å². The van der Waals surface area contributed by atoms with Crippen LogP contribution in [0, 0.1) is 0 Å². The third-order valence-corrected chi connectivity index (χ3v) is 6.90. The van der Waals surface area contributed by atoms with E-state index in [4.69, 9.17) is 0 Å². The number of aromatic nitrogens is 1. The van der Waals surface area contributed by atoms with Gasteiger partial charge in [-0.25, -0.2) is 0 Å². The Hall–Kier alpha value is -2.15. The molecule has 5 rings (SSSR count). The van der Waals surface area contributed by atoms with Crippen molar-refractivity contribution >= 4 is 38.4 Å². The molecule has 2 aliphatic heterocycles. The molecule has 2 aliphatic rings. The van der Waals surface area contributed by atoms with Gasteiger partial charge in [0.1, 0.15) is 0 Å². The smallest absolute Gasteiger partial charge is 0.259 e. The summed E-state index contributed by atoms with van der Waals surface area (Å²) in [5.74, 6) is 0.102. The van der Waals surface area contributed by atoms with Crippen molar-refractivity contribution in [2.45, 2.75) is 25.8 Å². The number of rotatable bonds is 4. The van der Waals surface area contributed by atoms with Crippen molar-refractivity contribution in [3.63, 3.8) is 0 Å². The zero-order valence-electron chi connectivity index (χ0n) is 16.8. The summed E-state index contributed by atoms with van der Waals surface area (Å²) in [7, 11) is 0. The second-order valence-corrected chi connectivity index (χ2v) is 8.71. The Labute approximate surface area is 179 Å². The van der Waals surface area contributed by atoms with Gasteiger partial charge in [-0.05, 0) is 49.3 Å². The summed E-state index contributed by atoms with van der Waals surface area (Å²) in [5.41, 5.74) is 4.49. The van der Waals surface area contributed by atoms with Crippen LogP contribution >= 0.6 is 15.9 Å². The SMILES string of the molecule is CCN(CC)CN1C(=O)C2(NCCc3c2[nH]c2ccccc32)c2cc(Br)ccc21. The minimum atomic E-state index is -0.862. The number of aromatic amines is 1. The first kappa shape index (κ1) is 18.9. The van der Waals surface area contributed by atoms with Gasteiger partial charge in [0.15, 0.2) is 5.54 Å². The molecule has 1 spiro atoms. The van der Waals surface area contributed by atoms with Gasteiger partial charge in [0, 0.05) is 27.5 Å². The predicted octanol–water partition coefficient (Wildman–Crippen LogP) is 3.97. The molecular weight excluding hydrogens is 428 g/mol. The van der Waals surface area contributed by atoms with Crippen LogP contribution in [-0.2, 0) is 16.8 Å². The number of para-hydroxylation sites is 1. The van der Waals surface area contributed by atoms with Crippen LogP contribution in [0.15, 0.2) is 46.9 Å². The maximum absolute atomic E-state index is 14.1. The van der Waals surface area contributed by atoms with Crippen molar-refractivity contribution in [1.29, 1.82) is 0 Å². The van der Waals surface area contributed by atoms with E-state index in [1.165, 1.54) is 10.9 Å². The molecule has 0 saturated carbocycles. The zero-order chi connectivity index (χ0) is 20.2. The second-order valence-electron chi connectivity index (χ2n) is 7.79. The zero-order valence-corrected chi connectivity index (χ0v) is 18.3. The van der Waals surface area contributed by atoms with Crippen molar-refractivity contribution in [1.82, 2.24) is 15.2 Å². The van der Waals surface area contributed by atoms with Crippen LogP contribution in [0.5, 0.6) is 0 Å². The van der Waals surface area contributed by atoms with Crippen molar-refractivity contribution in [2.24, 2.45) is 0 Å². The molecule has 150 valence electrons. The van der Waals surface area contributed by atoms with Gasteiger partial charge in [-0.2, -0.15) is 0 Å². The monoisotopic (exact) mass is 452 g/mol. The fourth-order valence-corrected chi connectivity index (χ4v) is 5.25. The lowest BCUT2D eigenvalue weighted by Crippen LogP contribution is -2.56. The standard InChI is InChI=1S/C23H25BrN4O/c1-3-27(4-2)14-28-20-10-9-15(24)13-18(20)23(22(28)29)21-17(11-12-25-23)16-7-5-6-8-19(16)26-21/h5-10,13,25-26H,3-4,11-12,14H2,1-2H3. The molecule has 0 radical (unpaired) electrons. The predicted molar refractivity (Wildman–Crippen MR) is 120 cm³/mol. The number of amides is 1. The number of nitrogens with zero attached hydrogens (tertiary/aromatic N) is 2. The highest BCUT2D eigenvalue weighted by Crippen LogP contribution is 2.48. The first-order valence-corrected chi connectivity index (χ1v) is 11.1. The highest BCUT2D eigenvalue weighted by atomic mass is 79.9. The maximum atomic E-state index is 14.1. The summed E-state index contributed by atoms with van der Waals surface area (Å²) in [5, 5.41) is 4.84. The molecule has 1 atom stereocenters. The number of carbonyl (C=O) groups excluding carboxylic acids is 1. The molecule has 1 aromatic heterocycles. The second kappa shape index (κ2) is 6.97. The number of hydrogen-bond donors (Lipinski definition) is 2. The number of anilines is 1. The lowest BCUT2D eigenvalue weighted by atomic mass is 9.82. The molecule has 1 amide bonds. The van der Waals surface area contributed by atoms with Gasteiger partial charge in [0.2, 0.25) is 0 Å². The summed E-state index contributed by atoms with van der Waals surface area (Å²) < 4.78 is 0.984. The van der Waals surface area contributed by atoms with Gasteiger partial charge in [-0.3, -0.25) is 19.9 Å². The van der Waals surface area contributed by atoms with Crippen LogP contribution in [0.25, 0.3) is 10.9 Å². The fourth-order valence-electron chi connectivity index (χ4n) is 4.89. The molecule has 2 N–H and O–H groups in total. The third-order valence-electron chi connectivity index (χ3n) is 6.41. The minimum absolute atomic E-state index is 0.102. The number of halogens is 1. The van der Waals surface area contributed by atoms with Gasteiger partial charge < -0.3 is 4.98 Å². The van der Waals surface area contributed by atoms with Crippen molar-refractivity contribution in [3.05, 3.63) is 63.8 Å². The number of carbonyl (C=O) groups is 1. The molecule has 5 nitrogen and oxygen atoms in total. The highest BCUT2D eigenvalue weighted by Gasteiger charge is 2.55. The quantitative estimate of drug-likeness (QED) is 0.629. The topological polar surface area (TPSA) is 51.4 Å². The van der Waals surface area contributed by atoms with Crippen molar-refractivity contribution in [2.75, 3.05) is 31.2 Å². The summed E-state index contributed by atoms with van der Waals surface area (Å²) in [6, 6.07) is 14.5. The normalized spacial score (nSPS) is 20.7. The van der Waals surface area contributed by atoms with Crippen LogP contribution in [0.2, 0.25) is 0 Å². The molecule has 3 aromatic rings. The number of benzene rings is 2. The average molecular weight is 453 g/mol. The average Bonchev–Trinajstić information content (AvgIpc) is 3.23.